The maximum atomic E-state index is 11.0. The van der Waals surface area contributed by atoms with Crippen LogP contribution in [0, 0.1) is 0 Å². The molecule has 0 aliphatic carbocycles. The van der Waals surface area contributed by atoms with Crippen molar-refractivity contribution < 1.29 is 9.53 Å². The van der Waals surface area contributed by atoms with Crippen LogP contribution in [-0.2, 0) is 4.74 Å². The molecular formula is C14H20N2O2. The summed E-state index contributed by atoms with van der Waals surface area (Å²) in [5, 5.41) is 4.13. The van der Waals surface area contributed by atoms with Crippen molar-refractivity contribution in [2.24, 2.45) is 5.10 Å². The first-order chi connectivity index (χ1) is 8.77. The normalized spacial score (nSPS) is 11.1. The maximum absolute atomic E-state index is 11.0. The summed E-state index contributed by atoms with van der Waals surface area (Å²) in [4.78, 5) is 11.0. The van der Waals surface area contributed by atoms with Gasteiger partial charge < -0.3 is 4.74 Å². The zero-order valence-electron chi connectivity index (χ0n) is 11.0. The molecule has 1 N–H and O–H groups in total. The highest BCUT2D eigenvalue weighted by atomic mass is 16.5. The van der Waals surface area contributed by atoms with E-state index in [9.17, 15) is 4.79 Å². The Morgan fingerprint density at radius 3 is 2.61 bits per heavy atom. The molecule has 1 amide bonds. The molecule has 18 heavy (non-hydrogen) atoms. The highest BCUT2D eigenvalue weighted by molar-refractivity contribution is 6.00. The second kappa shape index (κ2) is 8.28. The number of unbranched alkanes of at least 4 members (excludes halogenated alkanes) is 2. The Morgan fingerprint density at radius 1 is 1.28 bits per heavy atom. The molecular weight excluding hydrogens is 228 g/mol. The van der Waals surface area contributed by atoms with Crippen molar-refractivity contribution in [3.8, 4) is 0 Å². The first kappa shape index (κ1) is 14.2. The largest absolute Gasteiger partial charge is 0.452 e. The molecule has 1 aromatic rings. The monoisotopic (exact) mass is 248 g/mol. The molecule has 0 spiro atoms. The molecule has 0 atom stereocenters. The van der Waals surface area contributed by atoms with Gasteiger partial charge in [0.15, 0.2) is 0 Å². The van der Waals surface area contributed by atoms with Crippen LogP contribution in [0.5, 0.6) is 0 Å². The fourth-order valence-electron chi connectivity index (χ4n) is 1.60. The van der Waals surface area contributed by atoms with Gasteiger partial charge in [-0.15, -0.1) is 0 Å². The summed E-state index contributed by atoms with van der Waals surface area (Å²) in [6.07, 6.45) is 3.69. The molecule has 0 radical (unpaired) electrons. The Morgan fingerprint density at radius 2 is 2.00 bits per heavy atom. The topological polar surface area (TPSA) is 50.7 Å². The number of carbonyl (C=O) groups is 1. The molecule has 0 saturated heterocycles. The van der Waals surface area contributed by atoms with Crippen molar-refractivity contribution >= 4 is 11.8 Å². The summed E-state index contributed by atoms with van der Waals surface area (Å²) >= 11 is 0. The smallest absolute Gasteiger partial charge is 0.427 e. The lowest BCUT2D eigenvalue weighted by Gasteiger charge is -2.06. The molecule has 1 rings (SSSR count). The van der Waals surface area contributed by atoms with E-state index in [0.29, 0.717) is 0 Å². The number of nitrogens with one attached hydrogen (secondary N) is 1. The summed E-state index contributed by atoms with van der Waals surface area (Å²) in [6, 6.07) is 9.86. The Balaban J connectivity index is 2.71. The van der Waals surface area contributed by atoms with Crippen LogP contribution in [0.4, 0.5) is 4.79 Å². The Kier molecular flexibility index (Phi) is 6.54. The summed E-state index contributed by atoms with van der Waals surface area (Å²) in [5.41, 5.74) is 4.30. The number of ether oxygens (including phenoxy) is 1. The van der Waals surface area contributed by atoms with Gasteiger partial charge in [0.25, 0.3) is 0 Å². The Labute approximate surface area is 108 Å². The number of hydrogen-bond acceptors (Lipinski definition) is 3. The van der Waals surface area contributed by atoms with Crippen LogP contribution in [0.3, 0.4) is 0 Å². The van der Waals surface area contributed by atoms with E-state index in [2.05, 4.69) is 22.2 Å². The lowest BCUT2D eigenvalue weighted by Crippen LogP contribution is -2.19. The number of methoxy groups -OCH3 is 1. The van der Waals surface area contributed by atoms with Crippen LogP contribution < -0.4 is 5.43 Å². The molecule has 0 saturated carbocycles. The van der Waals surface area contributed by atoms with Gasteiger partial charge in [-0.1, -0.05) is 50.1 Å². The van der Waals surface area contributed by atoms with E-state index in [1.54, 1.807) is 0 Å². The maximum Gasteiger partial charge on any atom is 0.427 e. The molecule has 0 fully saturated rings. The number of benzene rings is 1. The van der Waals surface area contributed by atoms with Gasteiger partial charge in [0.1, 0.15) is 0 Å². The average molecular weight is 248 g/mol. The standard InChI is InChI=1S/C14H20N2O2/c1-3-4-6-11-13(15-16-14(17)18-2)12-9-7-5-8-10-12/h5,7-10H,3-4,6,11H2,1-2H3,(H,16,17). The molecule has 4 nitrogen and oxygen atoms in total. The molecule has 0 unspecified atom stereocenters. The first-order valence-electron chi connectivity index (χ1n) is 6.24. The van der Waals surface area contributed by atoms with E-state index < -0.39 is 6.09 Å². The van der Waals surface area contributed by atoms with Crippen LogP contribution in [0.1, 0.15) is 38.2 Å². The molecule has 0 bridgehead atoms. The minimum atomic E-state index is -0.543. The molecule has 0 aliphatic heterocycles. The van der Waals surface area contributed by atoms with E-state index in [4.69, 9.17) is 0 Å². The predicted molar refractivity (Wildman–Crippen MR) is 72.7 cm³/mol. The minimum Gasteiger partial charge on any atom is -0.452 e. The van der Waals surface area contributed by atoms with Crippen LogP contribution in [-0.4, -0.2) is 18.9 Å². The van der Waals surface area contributed by atoms with Gasteiger partial charge in [-0.25, -0.2) is 10.2 Å². The van der Waals surface area contributed by atoms with Crippen molar-refractivity contribution in [3.63, 3.8) is 0 Å². The number of hydrazone groups is 1. The second-order valence-corrected chi connectivity index (χ2v) is 3.99. The Bertz CT molecular complexity index is 388. The molecule has 0 aliphatic rings. The van der Waals surface area contributed by atoms with Crippen LogP contribution >= 0.6 is 0 Å². The SMILES string of the molecule is CCCCCC(=NNC(=O)OC)c1ccccc1. The van der Waals surface area contributed by atoms with Gasteiger partial charge in [0.05, 0.1) is 12.8 Å². The van der Waals surface area contributed by atoms with Crippen molar-refractivity contribution in [3.05, 3.63) is 35.9 Å². The second-order valence-electron chi connectivity index (χ2n) is 3.99. The van der Waals surface area contributed by atoms with E-state index in [1.165, 1.54) is 7.11 Å². The third-order valence-corrected chi connectivity index (χ3v) is 2.59. The van der Waals surface area contributed by atoms with E-state index >= 15 is 0 Å². The quantitative estimate of drug-likeness (QED) is 0.477. The van der Waals surface area contributed by atoms with Crippen molar-refractivity contribution in [2.45, 2.75) is 32.6 Å². The van der Waals surface area contributed by atoms with Gasteiger partial charge in [0, 0.05) is 0 Å². The average Bonchev–Trinajstić information content (AvgIpc) is 2.43. The van der Waals surface area contributed by atoms with E-state index in [-0.39, 0.29) is 0 Å². The number of amides is 1. The zero-order valence-corrected chi connectivity index (χ0v) is 11.0. The zero-order chi connectivity index (χ0) is 13.2. The van der Waals surface area contributed by atoms with Gasteiger partial charge >= 0.3 is 6.09 Å². The summed E-state index contributed by atoms with van der Waals surface area (Å²) in [5.74, 6) is 0. The number of carbonyl (C=O) groups excluding carboxylic acids is 1. The van der Waals surface area contributed by atoms with E-state index in [0.717, 1.165) is 37.0 Å². The third kappa shape index (κ3) is 4.99. The first-order valence-corrected chi connectivity index (χ1v) is 6.24. The Hall–Kier alpha value is -1.84. The van der Waals surface area contributed by atoms with E-state index in [1.807, 2.05) is 30.3 Å². The lowest BCUT2D eigenvalue weighted by atomic mass is 10.0. The van der Waals surface area contributed by atoms with Crippen LogP contribution in [0.15, 0.2) is 35.4 Å². The summed E-state index contributed by atoms with van der Waals surface area (Å²) in [6.45, 7) is 2.16. The van der Waals surface area contributed by atoms with Gasteiger partial charge in [-0.2, -0.15) is 5.10 Å². The molecule has 1 aromatic carbocycles. The van der Waals surface area contributed by atoms with Crippen molar-refractivity contribution in [1.29, 1.82) is 0 Å². The van der Waals surface area contributed by atoms with Gasteiger partial charge in [-0.3, -0.25) is 0 Å². The highest BCUT2D eigenvalue weighted by Gasteiger charge is 2.04. The molecule has 98 valence electrons. The van der Waals surface area contributed by atoms with Crippen LogP contribution in [0.25, 0.3) is 0 Å². The third-order valence-electron chi connectivity index (χ3n) is 2.59. The number of rotatable bonds is 6. The fourth-order valence-corrected chi connectivity index (χ4v) is 1.60. The molecule has 0 aromatic heterocycles. The van der Waals surface area contributed by atoms with Crippen molar-refractivity contribution in [2.75, 3.05) is 7.11 Å². The number of hydrogen-bond donors (Lipinski definition) is 1. The van der Waals surface area contributed by atoms with Crippen molar-refractivity contribution in [1.82, 2.24) is 5.43 Å². The fraction of sp³-hybridized carbons (Fsp3) is 0.429. The van der Waals surface area contributed by atoms with Gasteiger partial charge in [-0.05, 0) is 18.4 Å². The number of nitrogens with zero attached hydrogens (tertiary/aromatic N) is 1. The molecule has 4 heteroatoms. The highest BCUT2D eigenvalue weighted by Crippen LogP contribution is 2.09. The predicted octanol–water partition coefficient (Wildman–Crippen LogP) is 3.33. The summed E-state index contributed by atoms with van der Waals surface area (Å²) < 4.78 is 4.50. The lowest BCUT2D eigenvalue weighted by molar-refractivity contribution is 0.171. The van der Waals surface area contributed by atoms with Crippen LogP contribution in [0.2, 0.25) is 0 Å². The molecule has 0 heterocycles. The summed E-state index contributed by atoms with van der Waals surface area (Å²) in [7, 11) is 1.32. The van der Waals surface area contributed by atoms with Gasteiger partial charge in [0.2, 0.25) is 0 Å². The minimum absolute atomic E-state index is 0.543.